The van der Waals surface area contributed by atoms with Crippen molar-refractivity contribution in [3.05, 3.63) is 29.8 Å². The van der Waals surface area contributed by atoms with Gasteiger partial charge in [0.2, 0.25) is 0 Å². The summed E-state index contributed by atoms with van der Waals surface area (Å²) in [6, 6.07) is 8.33. The lowest BCUT2D eigenvalue weighted by Crippen LogP contribution is -2.07. The topological polar surface area (TPSA) is 21.3 Å². The molecule has 94 valence electrons. The van der Waals surface area contributed by atoms with Gasteiger partial charge in [-0.25, -0.2) is 0 Å². The molecular formula is C14H27NO. The van der Waals surface area contributed by atoms with Crippen LogP contribution < -0.4 is 5.32 Å². The van der Waals surface area contributed by atoms with Crippen LogP contribution in [0.25, 0.3) is 0 Å². The highest BCUT2D eigenvalue weighted by molar-refractivity contribution is 5.44. The zero-order valence-corrected chi connectivity index (χ0v) is 11.6. The van der Waals surface area contributed by atoms with Gasteiger partial charge in [0.15, 0.2) is 0 Å². The van der Waals surface area contributed by atoms with Gasteiger partial charge in [0.05, 0.1) is 6.61 Å². The van der Waals surface area contributed by atoms with Gasteiger partial charge in [-0.05, 0) is 19.1 Å². The molecule has 0 saturated carbocycles. The number of aryl methyl sites for hydroxylation is 1. The van der Waals surface area contributed by atoms with E-state index in [1.807, 2.05) is 27.7 Å². The van der Waals surface area contributed by atoms with Crippen LogP contribution in [0.3, 0.4) is 0 Å². The van der Waals surface area contributed by atoms with Crippen molar-refractivity contribution in [2.45, 2.75) is 34.6 Å². The Morgan fingerprint density at radius 1 is 1.00 bits per heavy atom. The molecule has 1 aromatic carbocycles. The predicted octanol–water partition coefficient (Wildman–Crippen LogP) is 4.11. The third kappa shape index (κ3) is 9.53. The van der Waals surface area contributed by atoms with Gasteiger partial charge in [0.25, 0.3) is 0 Å². The molecule has 0 unspecified atom stereocenters. The zero-order chi connectivity index (χ0) is 12.8. The summed E-state index contributed by atoms with van der Waals surface area (Å²) in [6.45, 7) is 11.7. The van der Waals surface area contributed by atoms with Crippen molar-refractivity contribution in [3.63, 3.8) is 0 Å². The number of rotatable bonds is 4. The average Bonchev–Trinajstić information content (AvgIpc) is 2.37. The van der Waals surface area contributed by atoms with Crippen LogP contribution in [0, 0.1) is 6.92 Å². The number of anilines is 1. The van der Waals surface area contributed by atoms with Crippen LogP contribution in [0.5, 0.6) is 0 Å². The maximum Gasteiger partial charge on any atom is 0.0635 e. The van der Waals surface area contributed by atoms with Crippen LogP contribution in [0.4, 0.5) is 5.69 Å². The van der Waals surface area contributed by atoms with Gasteiger partial charge < -0.3 is 10.1 Å². The highest BCUT2D eigenvalue weighted by Crippen LogP contribution is 2.07. The second-order valence-electron chi connectivity index (χ2n) is 2.79. The normalized spacial score (nSPS) is 8.12. The fourth-order valence-corrected chi connectivity index (χ4v) is 0.969. The largest absolute Gasteiger partial charge is 0.383 e. The standard InChI is InChI=1S/C10H15NO.2C2H6/c1-9-3-5-10(6-4-9)11-7-8-12-2;2*1-2/h3-6,11H,7-8H2,1-2H3;2*1-2H3. The van der Waals surface area contributed by atoms with E-state index >= 15 is 0 Å². The van der Waals surface area contributed by atoms with Gasteiger partial charge in [0.1, 0.15) is 0 Å². The van der Waals surface area contributed by atoms with E-state index in [2.05, 4.69) is 36.5 Å². The minimum Gasteiger partial charge on any atom is -0.383 e. The van der Waals surface area contributed by atoms with E-state index in [0.717, 1.165) is 18.8 Å². The Bertz CT molecular complexity index is 219. The van der Waals surface area contributed by atoms with Gasteiger partial charge in [-0.3, -0.25) is 0 Å². The molecule has 0 bridgehead atoms. The molecule has 1 aromatic rings. The van der Waals surface area contributed by atoms with Crippen molar-refractivity contribution in [2.24, 2.45) is 0 Å². The first-order chi connectivity index (χ1) is 7.83. The molecule has 0 radical (unpaired) electrons. The lowest BCUT2D eigenvalue weighted by molar-refractivity contribution is 0.211. The van der Waals surface area contributed by atoms with Crippen LogP contribution in [0.2, 0.25) is 0 Å². The minimum atomic E-state index is 0.744. The molecule has 0 aromatic heterocycles. The molecule has 2 heteroatoms. The van der Waals surface area contributed by atoms with Crippen molar-refractivity contribution in [2.75, 3.05) is 25.6 Å². The van der Waals surface area contributed by atoms with E-state index in [4.69, 9.17) is 4.74 Å². The second-order valence-corrected chi connectivity index (χ2v) is 2.79. The van der Waals surface area contributed by atoms with Gasteiger partial charge in [-0.15, -0.1) is 0 Å². The molecule has 0 saturated heterocycles. The predicted molar refractivity (Wildman–Crippen MR) is 74.2 cm³/mol. The molecule has 0 aliphatic heterocycles. The Balaban J connectivity index is 0. The third-order valence-corrected chi connectivity index (χ3v) is 1.69. The molecule has 1 N–H and O–H groups in total. The molecule has 0 heterocycles. The van der Waals surface area contributed by atoms with Gasteiger partial charge in [-0.2, -0.15) is 0 Å². The Hall–Kier alpha value is -1.02. The molecule has 0 amide bonds. The number of ether oxygens (including phenoxy) is 1. The molecule has 0 aliphatic carbocycles. The van der Waals surface area contributed by atoms with Gasteiger partial charge >= 0.3 is 0 Å². The highest BCUT2D eigenvalue weighted by atomic mass is 16.5. The van der Waals surface area contributed by atoms with Crippen LogP contribution in [-0.2, 0) is 4.74 Å². The SMILES string of the molecule is CC.CC.COCCNc1ccc(C)cc1. The smallest absolute Gasteiger partial charge is 0.0635 e. The fourth-order valence-electron chi connectivity index (χ4n) is 0.969. The fraction of sp³-hybridized carbons (Fsp3) is 0.571. The lowest BCUT2D eigenvalue weighted by atomic mass is 10.2. The maximum atomic E-state index is 4.92. The van der Waals surface area contributed by atoms with Crippen molar-refractivity contribution in [1.29, 1.82) is 0 Å². The Morgan fingerprint density at radius 3 is 1.94 bits per heavy atom. The number of hydrogen-bond donors (Lipinski definition) is 1. The minimum absolute atomic E-state index is 0.744. The Morgan fingerprint density at radius 2 is 1.50 bits per heavy atom. The monoisotopic (exact) mass is 225 g/mol. The summed E-state index contributed by atoms with van der Waals surface area (Å²) in [6.07, 6.45) is 0. The van der Waals surface area contributed by atoms with Crippen LogP contribution in [0.15, 0.2) is 24.3 Å². The number of methoxy groups -OCH3 is 1. The zero-order valence-electron chi connectivity index (χ0n) is 11.6. The van der Waals surface area contributed by atoms with E-state index < -0.39 is 0 Å². The molecular weight excluding hydrogens is 198 g/mol. The molecule has 16 heavy (non-hydrogen) atoms. The molecule has 0 atom stereocenters. The molecule has 1 rings (SSSR count). The molecule has 0 spiro atoms. The number of hydrogen-bond acceptors (Lipinski definition) is 2. The first kappa shape index (κ1) is 17.4. The van der Waals surface area contributed by atoms with E-state index in [-0.39, 0.29) is 0 Å². The summed E-state index contributed by atoms with van der Waals surface area (Å²) in [7, 11) is 1.71. The van der Waals surface area contributed by atoms with Crippen molar-refractivity contribution >= 4 is 5.69 Å². The third-order valence-electron chi connectivity index (χ3n) is 1.69. The summed E-state index contributed by atoms with van der Waals surface area (Å²) < 4.78 is 4.92. The average molecular weight is 225 g/mol. The maximum absolute atomic E-state index is 4.92. The second kappa shape index (κ2) is 14.0. The van der Waals surface area contributed by atoms with Crippen LogP contribution in [0.1, 0.15) is 33.3 Å². The number of benzene rings is 1. The summed E-state index contributed by atoms with van der Waals surface area (Å²) in [4.78, 5) is 0. The van der Waals surface area contributed by atoms with Crippen molar-refractivity contribution in [1.82, 2.24) is 0 Å². The van der Waals surface area contributed by atoms with Gasteiger partial charge in [0, 0.05) is 19.3 Å². The van der Waals surface area contributed by atoms with Gasteiger partial charge in [-0.1, -0.05) is 45.4 Å². The summed E-state index contributed by atoms with van der Waals surface area (Å²) in [5.74, 6) is 0. The Labute approximate surface area is 101 Å². The quantitative estimate of drug-likeness (QED) is 0.779. The lowest BCUT2D eigenvalue weighted by Gasteiger charge is -2.04. The molecule has 2 nitrogen and oxygen atoms in total. The summed E-state index contributed by atoms with van der Waals surface area (Å²) in [5, 5.41) is 3.25. The van der Waals surface area contributed by atoms with Crippen molar-refractivity contribution in [3.8, 4) is 0 Å². The number of nitrogens with one attached hydrogen (secondary N) is 1. The first-order valence-electron chi connectivity index (χ1n) is 6.12. The molecule has 0 fully saturated rings. The van der Waals surface area contributed by atoms with Crippen molar-refractivity contribution < 1.29 is 4.74 Å². The Kier molecular flexibility index (Phi) is 15.2. The first-order valence-corrected chi connectivity index (χ1v) is 6.12. The van der Waals surface area contributed by atoms with E-state index in [1.165, 1.54) is 5.56 Å². The van der Waals surface area contributed by atoms with Crippen LogP contribution in [-0.4, -0.2) is 20.3 Å². The van der Waals surface area contributed by atoms with E-state index in [9.17, 15) is 0 Å². The summed E-state index contributed by atoms with van der Waals surface area (Å²) in [5.41, 5.74) is 2.44. The van der Waals surface area contributed by atoms with Crippen LogP contribution >= 0.6 is 0 Å². The molecule has 0 aliphatic rings. The van der Waals surface area contributed by atoms with E-state index in [1.54, 1.807) is 7.11 Å². The summed E-state index contributed by atoms with van der Waals surface area (Å²) >= 11 is 0. The highest BCUT2D eigenvalue weighted by Gasteiger charge is 1.89. The van der Waals surface area contributed by atoms with E-state index in [0.29, 0.717) is 0 Å².